The first-order chi connectivity index (χ1) is 8.18. The summed E-state index contributed by atoms with van der Waals surface area (Å²) in [5, 5.41) is 14.1. The van der Waals surface area contributed by atoms with E-state index in [0.29, 0.717) is 16.5 Å². The largest absolute Gasteiger partial charge is 0.388 e. The van der Waals surface area contributed by atoms with Crippen LogP contribution in [0.4, 0.5) is 4.39 Å². The Labute approximate surface area is 112 Å². The molecule has 1 aromatic carbocycles. The van der Waals surface area contributed by atoms with Gasteiger partial charge in [-0.05, 0) is 47.4 Å². The van der Waals surface area contributed by atoms with E-state index in [9.17, 15) is 9.50 Å². The molecule has 1 unspecified atom stereocenters. The first-order valence-electron chi connectivity index (χ1n) is 5.31. The van der Waals surface area contributed by atoms with Gasteiger partial charge in [0.15, 0.2) is 0 Å². The lowest BCUT2D eigenvalue weighted by atomic mass is 10.0. The van der Waals surface area contributed by atoms with E-state index in [1.807, 2.05) is 16.8 Å². The number of aryl methyl sites for hydroxylation is 1. The van der Waals surface area contributed by atoms with Gasteiger partial charge in [0.2, 0.25) is 0 Å². The second-order valence-corrected chi connectivity index (χ2v) is 5.46. The molecule has 1 aromatic heterocycles. The quantitative estimate of drug-likeness (QED) is 0.891. The molecule has 1 atom stereocenters. The fraction of sp³-hybridized carbons (Fsp3) is 0.231. The van der Waals surface area contributed by atoms with Crippen LogP contribution in [0.15, 0.2) is 39.5 Å². The molecular formula is C13H12BrFOS. The summed E-state index contributed by atoms with van der Waals surface area (Å²) in [7, 11) is 0. The van der Waals surface area contributed by atoms with Gasteiger partial charge in [0, 0.05) is 10.0 Å². The van der Waals surface area contributed by atoms with Crippen molar-refractivity contribution in [1.29, 1.82) is 0 Å². The molecule has 0 amide bonds. The van der Waals surface area contributed by atoms with Crippen LogP contribution in [-0.2, 0) is 6.42 Å². The summed E-state index contributed by atoms with van der Waals surface area (Å²) in [5.74, 6) is -0.364. The zero-order chi connectivity index (χ0) is 12.3. The van der Waals surface area contributed by atoms with Gasteiger partial charge in [0.25, 0.3) is 0 Å². The molecule has 1 nitrogen and oxygen atoms in total. The highest BCUT2D eigenvalue weighted by Crippen LogP contribution is 2.29. The third-order valence-electron chi connectivity index (χ3n) is 2.62. The predicted molar refractivity (Wildman–Crippen MR) is 71.7 cm³/mol. The van der Waals surface area contributed by atoms with Crippen LogP contribution in [-0.4, -0.2) is 5.11 Å². The third kappa shape index (κ3) is 3.15. The molecule has 0 spiro atoms. The van der Waals surface area contributed by atoms with Crippen LogP contribution < -0.4 is 0 Å². The molecule has 17 heavy (non-hydrogen) atoms. The number of aliphatic hydroxyl groups excluding tert-OH is 1. The van der Waals surface area contributed by atoms with Crippen LogP contribution in [0.3, 0.4) is 0 Å². The molecular weight excluding hydrogens is 303 g/mol. The van der Waals surface area contributed by atoms with Gasteiger partial charge in [0.1, 0.15) is 5.82 Å². The van der Waals surface area contributed by atoms with Crippen LogP contribution in [0.1, 0.15) is 23.7 Å². The normalized spacial score (nSPS) is 12.6. The standard InChI is InChI=1S/C13H12BrFOS/c14-10-2-1-3-11(15)13(10)12(16)5-4-9-6-7-17-8-9/h1-3,6-8,12,16H,4-5H2. The molecule has 0 radical (unpaired) electrons. The lowest BCUT2D eigenvalue weighted by molar-refractivity contribution is 0.162. The van der Waals surface area contributed by atoms with Crippen LogP contribution in [0, 0.1) is 5.82 Å². The van der Waals surface area contributed by atoms with E-state index in [-0.39, 0.29) is 5.82 Å². The number of hydrogen-bond donors (Lipinski definition) is 1. The summed E-state index contributed by atoms with van der Waals surface area (Å²) in [4.78, 5) is 0. The zero-order valence-electron chi connectivity index (χ0n) is 9.07. The molecule has 0 aliphatic heterocycles. The van der Waals surface area contributed by atoms with Crippen molar-refractivity contribution in [2.75, 3.05) is 0 Å². The highest BCUT2D eigenvalue weighted by Gasteiger charge is 2.15. The second kappa shape index (κ2) is 5.76. The molecule has 2 rings (SSSR count). The first kappa shape index (κ1) is 12.7. The number of halogens is 2. The van der Waals surface area contributed by atoms with Crippen molar-refractivity contribution in [3.8, 4) is 0 Å². The Bertz CT molecular complexity index is 464. The van der Waals surface area contributed by atoms with Crippen molar-refractivity contribution < 1.29 is 9.50 Å². The van der Waals surface area contributed by atoms with Crippen LogP contribution in [0.5, 0.6) is 0 Å². The van der Waals surface area contributed by atoms with E-state index in [1.54, 1.807) is 23.5 Å². The van der Waals surface area contributed by atoms with E-state index in [2.05, 4.69) is 15.9 Å². The van der Waals surface area contributed by atoms with Crippen LogP contribution >= 0.6 is 27.3 Å². The van der Waals surface area contributed by atoms with Crippen LogP contribution in [0.2, 0.25) is 0 Å². The summed E-state index contributed by atoms with van der Waals surface area (Å²) in [6, 6.07) is 6.75. The maximum atomic E-state index is 13.6. The molecule has 0 saturated heterocycles. The lowest BCUT2D eigenvalue weighted by Gasteiger charge is -2.13. The SMILES string of the molecule is OC(CCc1ccsc1)c1c(F)cccc1Br. The molecule has 1 N–H and O–H groups in total. The highest BCUT2D eigenvalue weighted by molar-refractivity contribution is 9.10. The van der Waals surface area contributed by atoms with Crippen molar-refractivity contribution in [1.82, 2.24) is 0 Å². The molecule has 90 valence electrons. The van der Waals surface area contributed by atoms with E-state index < -0.39 is 6.10 Å². The number of thiophene rings is 1. The Balaban J connectivity index is 2.07. The Hall–Kier alpha value is -0.710. The number of rotatable bonds is 4. The van der Waals surface area contributed by atoms with Gasteiger partial charge >= 0.3 is 0 Å². The van der Waals surface area contributed by atoms with Crippen molar-refractivity contribution >= 4 is 27.3 Å². The zero-order valence-corrected chi connectivity index (χ0v) is 11.5. The monoisotopic (exact) mass is 314 g/mol. The maximum Gasteiger partial charge on any atom is 0.130 e. The molecule has 0 saturated carbocycles. The third-order valence-corrected chi connectivity index (χ3v) is 4.04. The van der Waals surface area contributed by atoms with E-state index in [1.165, 1.54) is 11.6 Å². The van der Waals surface area contributed by atoms with Gasteiger partial charge < -0.3 is 5.11 Å². The molecule has 0 aliphatic carbocycles. The van der Waals surface area contributed by atoms with Gasteiger partial charge in [-0.25, -0.2) is 4.39 Å². The minimum atomic E-state index is -0.773. The van der Waals surface area contributed by atoms with Crippen LogP contribution in [0.25, 0.3) is 0 Å². The average molecular weight is 315 g/mol. The molecule has 4 heteroatoms. The molecule has 1 heterocycles. The minimum absolute atomic E-state index is 0.350. The predicted octanol–water partition coefficient (Wildman–Crippen LogP) is 4.32. The molecule has 2 aromatic rings. The highest BCUT2D eigenvalue weighted by atomic mass is 79.9. The van der Waals surface area contributed by atoms with Gasteiger partial charge in [-0.2, -0.15) is 11.3 Å². The Kier molecular flexibility index (Phi) is 4.31. The fourth-order valence-electron chi connectivity index (χ4n) is 1.71. The molecule has 0 bridgehead atoms. The van der Waals surface area contributed by atoms with Crippen molar-refractivity contribution in [3.05, 3.63) is 56.4 Å². The minimum Gasteiger partial charge on any atom is -0.388 e. The summed E-state index contributed by atoms with van der Waals surface area (Å²) in [6.07, 6.45) is 0.507. The molecule has 0 aliphatic rings. The Morgan fingerprint density at radius 1 is 1.35 bits per heavy atom. The summed E-state index contributed by atoms with van der Waals surface area (Å²) in [5.41, 5.74) is 1.53. The van der Waals surface area contributed by atoms with Gasteiger partial charge in [-0.15, -0.1) is 0 Å². The van der Waals surface area contributed by atoms with Gasteiger partial charge in [-0.3, -0.25) is 0 Å². The first-order valence-corrected chi connectivity index (χ1v) is 7.05. The van der Waals surface area contributed by atoms with Crippen molar-refractivity contribution in [2.24, 2.45) is 0 Å². The summed E-state index contributed by atoms with van der Waals surface area (Å²) in [6.45, 7) is 0. The van der Waals surface area contributed by atoms with Gasteiger partial charge in [0.05, 0.1) is 6.10 Å². The fourth-order valence-corrected chi connectivity index (χ4v) is 3.02. The smallest absolute Gasteiger partial charge is 0.130 e. The van der Waals surface area contributed by atoms with Crippen molar-refractivity contribution in [3.63, 3.8) is 0 Å². The van der Waals surface area contributed by atoms with E-state index in [0.717, 1.165) is 6.42 Å². The molecule has 0 fully saturated rings. The summed E-state index contributed by atoms with van der Waals surface area (Å²) >= 11 is 4.90. The topological polar surface area (TPSA) is 20.2 Å². The average Bonchev–Trinajstić information content (AvgIpc) is 2.79. The van der Waals surface area contributed by atoms with E-state index >= 15 is 0 Å². The van der Waals surface area contributed by atoms with Crippen molar-refractivity contribution in [2.45, 2.75) is 18.9 Å². The van der Waals surface area contributed by atoms with Gasteiger partial charge in [-0.1, -0.05) is 22.0 Å². The van der Waals surface area contributed by atoms with E-state index in [4.69, 9.17) is 0 Å². The number of benzene rings is 1. The second-order valence-electron chi connectivity index (χ2n) is 3.82. The maximum absolute atomic E-state index is 13.6. The summed E-state index contributed by atoms with van der Waals surface area (Å²) < 4.78 is 14.2. The lowest BCUT2D eigenvalue weighted by Crippen LogP contribution is -2.03. The Morgan fingerprint density at radius 3 is 2.82 bits per heavy atom. The number of hydrogen-bond acceptors (Lipinski definition) is 2. The Morgan fingerprint density at radius 2 is 2.18 bits per heavy atom. The number of aliphatic hydroxyl groups is 1.